The summed E-state index contributed by atoms with van der Waals surface area (Å²) in [5.74, 6) is -0.126. The number of hydrogen-bond acceptors (Lipinski definition) is 5. The van der Waals surface area contributed by atoms with Crippen LogP contribution in [0.2, 0.25) is 0 Å². The van der Waals surface area contributed by atoms with Crippen LogP contribution >= 0.6 is 0 Å². The number of halogens is 3. The molecule has 25 heavy (non-hydrogen) atoms. The van der Waals surface area contributed by atoms with Crippen LogP contribution in [0.4, 0.5) is 13.2 Å². The number of rotatable bonds is 5. The molecule has 0 bridgehead atoms. The van der Waals surface area contributed by atoms with Gasteiger partial charge in [0.1, 0.15) is 0 Å². The normalized spacial score (nSPS) is 13.2. The average Bonchev–Trinajstić information content (AvgIpc) is 2.91. The molecular formula is C15H18F3N3O3S. The molecule has 2 aromatic rings. The fourth-order valence-electron chi connectivity index (χ4n) is 1.98. The Labute approximate surface area is 143 Å². The first-order valence-electron chi connectivity index (χ1n) is 7.39. The highest BCUT2D eigenvalue weighted by atomic mass is 32.2. The molecule has 0 aliphatic carbocycles. The summed E-state index contributed by atoms with van der Waals surface area (Å²) in [5, 5.41) is 3.50. The van der Waals surface area contributed by atoms with Crippen molar-refractivity contribution >= 4 is 10.0 Å². The van der Waals surface area contributed by atoms with Crippen LogP contribution in [0.3, 0.4) is 0 Å². The van der Waals surface area contributed by atoms with Crippen molar-refractivity contribution in [2.24, 2.45) is 0 Å². The van der Waals surface area contributed by atoms with E-state index in [0.717, 1.165) is 0 Å². The second-order valence-corrected chi connectivity index (χ2v) is 8.20. The van der Waals surface area contributed by atoms with Crippen LogP contribution in [-0.4, -0.2) is 30.3 Å². The zero-order valence-corrected chi connectivity index (χ0v) is 14.7. The molecule has 0 saturated heterocycles. The first-order valence-corrected chi connectivity index (χ1v) is 8.88. The van der Waals surface area contributed by atoms with E-state index in [-0.39, 0.29) is 16.6 Å². The minimum atomic E-state index is -4.31. The van der Waals surface area contributed by atoms with Crippen molar-refractivity contribution in [3.8, 4) is 11.5 Å². The lowest BCUT2D eigenvalue weighted by atomic mass is 10.1. The number of nitrogens with one attached hydrogen (secondary N) is 1. The molecule has 0 fully saturated rings. The standard InChI is InChI=1S/C15H18F3N3O3S/c1-14(2,3)21-25(22,23)11-6-4-5-10(9-11)13-19-12(20-24-13)7-8-15(16,17)18/h4-6,9,21H,7-8H2,1-3H3. The molecule has 0 saturated carbocycles. The average molecular weight is 377 g/mol. The smallest absolute Gasteiger partial charge is 0.334 e. The van der Waals surface area contributed by atoms with E-state index in [4.69, 9.17) is 4.52 Å². The van der Waals surface area contributed by atoms with Crippen LogP contribution in [0.25, 0.3) is 11.5 Å². The molecule has 0 atom stereocenters. The van der Waals surface area contributed by atoms with Crippen LogP contribution in [0.5, 0.6) is 0 Å². The minimum absolute atomic E-state index is 0.00466. The molecule has 0 aliphatic heterocycles. The quantitative estimate of drug-likeness (QED) is 0.864. The SMILES string of the molecule is CC(C)(C)NS(=O)(=O)c1cccc(-c2nc(CCC(F)(F)F)no2)c1. The van der Waals surface area contributed by atoms with Crippen molar-refractivity contribution in [2.75, 3.05) is 0 Å². The van der Waals surface area contributed by atoms with E-state index in [1.807, 2.05) is 0 Å². The zero-order chi connectivity index (χ0) is 18.9. The Morgan fingerprint density at radius 1 is 1.20 bits per heavy atom. The van der Waals surface area contributed by atoms with E-state index in [1.54, 1.807) is 20.8 Å². The van der Waals surface area contributed by atoms with Gasteiger partial charge >= 0.3 is 6.18 Å². The van der Waals surface area contributed by atoms with Gasteiger partial charge in [-0.05, 0) is 39.0 Å². The van der Waals surface area contributed by atoms with Gasteiger partial charge in [0.25, 0.3) is 5.89 Å². The predicted molar refractivity (Wildman–Crippen MR) is 84.2 cm³/mol. The Balaban J connectivity index is 2.23. The molecule has 2 rings (SSSR count). The van der Waals surface area contributed by atoms with Crippen LogP contribution in [-0.2, 0) is 16.4 Å². The summed E-state index contributed by atoms with van der Waals surface area (Å²) < 4.78 is 68.8. The Morgan fingerprint density at radius 3 is 2.48 bits per heavy atom. The van der Waals surface area contributed by atoms with Gasteiger partial charge in [-0.15, -0.1) is 0 Å². The Kier molecular flexibility index (Phi) is 5.24. The van der Waals surface area contributed by atoms with Gasteiger partial charge in [-0.3, -0.25) is 0 Å². The summed E-state index contributed by atoms with van der Waals surface area (Å²) in [6.45, 7) is 5.12. The fraction of sp³-hybridized carbons (Fsp3) is 0.467. The lowest BCUT2D eigenvalue weighted by molar-refractivity contribution is -0.134. The second-order valence-electron chi connectivity index (χ2n) is 6.51. The molecule has 1 aromatic heterocycles. The summed E-state index contributed by atoms with van der Waals surface area (Å²) in [7, 11) is -3.76. The highest BCUT2D eigenvalue weighted by molar-refractivity contribution is 7.89. The summed E-state index contributed by atoms with van der Waals surface area (Å²) in [6, 6.07) is 5.76. The van der Waals surface area contributed by atoms with Crippen molar-refractivity contribution in [1.29, 1.82) is 0 Å². The third-order valence-corrected chi connectivity index (χ3v) is 4.69. The van der Waals surface area contributed by atoms with Crippen molar-refractivity contribution in [3.63, 3.8) is 0 Å². The number of benzene rings is 1. The van der Waals surface area contributed by atoms with Crippen molar-refractivity contribution in [2.45, 2.75) is 50.2 Å². The number of aryl methyl sites for hydroxylation is 1. The second kappa shape index (κ2) is 6.75. The Morgan fingerprint density at radius 2 is 1.88 bits per heavy atom. The number of hydrogen-bond donors (Lipinski definition) is 1. The third-order valence-electron chi connectivity index (χ3n) is 2.93. The molecule has 0 unspecified atom stereocenters. The summed E-state index contributed by atoms with van der Waals surface area (Å²) in [6.07, 6.45) is -5.78. The molecule has 10 heteroatoms. The number of aromatic nitrogens is 2. The van der Waals surface area contributed by atoms with E-state index >= 15 is 0 Å². The van der Waals surface area contributed by atoms with Gasteiger partial charge in [0.15, 0.2) is 5.82 Å². The van der Waals surface area contributed by atoms with E-state index in [2.05, 4.69) is 14.9 Å². The van der Waals surface area contributed by atoms with Gasteiger partial charge in [-0.1, -0.05) is 11.2 Å². The van der Waals surface area contributed by atoms with Gasteiger partial charge in [0.05, 0.1) is 11.3 Å². The summed E-state index contributed by atoms with van der Waals surface area (Å²) in [4.78, 5) is 3.88. The monoisotopic (exact) mass is 377 g/mol. The van der Waals surface area contributed by atoms with E-state index in [0.29, 0.717) is 5.56 Å². The van der Waals surface area contributed by atoms with Gasteiger partial charge in [0.2, 0.25) is 10.0 Å². The molecule has 0 radical (unpaired) electrons. The van der Waals surface area contributed by atoms with Crippen LogP contribution in [0, 0.1) is 0 Å². The van der Waals surface area contributed by atoms with E-state index < -0.39 is 34.6 Å². The molecule has 6 nitrogen and oxygen atoms in total. The fourth-order valence-corrected chi connectivity index (χ4v) is 3.45. The molecule has 1 aromatic carbocycles. The minimum Gasteiger partial charge on any atom is -0.334 e. The Hall–Kier alpha value is -1.94. The number of alkyl halides is 3. The first-order chi connectivity index (χ1) is 11.4. The molecular weight excluding hydrogens is 359 g/mol. The molecule has 0 aliphatic rings. The molecule has 1 heterocycles. The van der Waals surface area contributed by atoms with E-state index in [1.165, 1.54) is 24.3 Å². The maximum absolute atomic E-state index is 12.3. The highest BCUT2D eigenvalue weighted by Crippen LogP contribution is 2.24. The maximum atomic E-state index is 12.3. The van der Waals surface area contributed by atoms with Crippen molar-refractivity contribution < 1.29 is 26.1 Å². The third kappa shape index (κ3) is 5.82. The molecule has 1 N–H and O–H groups in total. The lowest BCUT2D eigenvalue weighted by Crippen LogP contribution is -2.40. The summed E-state index contributed by atoms with van der Waals surface area (Å²) >= 11 is 0. The van der Waals surface area contributed by atoms with Gasteiger partial charge < -0.3 is 4.52 Å². The van der Waals surface area contributed by atoms with Crippen LogP contribution in [0.1, 0.15) is 33.0 Å². The van der Waals surface area contributed by atoms with Crippen LogP contribution < -0.4 is 4.72 Å². The number of sulfonamides is 1. The Bertz CT molecular complexity index is 839. The molecule has 0 spiro atoms. The largest absolute Gasteiger partial charge is 0.389 e. The topological polar surface area (TPSA) is 85.1 Å². The lowest BCUT2D eigenvalue weighted by Gasteiger charge is -2.20. The molecule has 138 valence electrons. The van der Waals surface area contributed by atoms with Crippen molar-refractivity contribution in [1.82, 2.24) is 14.9 Å². The van der Waals surface area contributed by atoms with Crippen LogP contribution in [0.15, 0.2) is 33.7 Å². The van der Waals surface area contributed by atoms with Crippen molar-refractivity contribution in [3.05, 3.63) is 30.1 Å². The van der Waals surface area contributed by atoms with E-state index in [9.17, 15) is 21.6 Å². The van der Waals surface area contributed by atoms with Gasteiger partial charge in [0, 0.05) is 17.5 Å². The number of nitrogens with zero attached hydrogens (tertiary/aromatic N) is 2. The highest BCUT2D eigenvalue weighted by Gasteiger charge is 2.28. The first kappa shape index (κ1) is 19.4. The van der Waals surface area contributed by atoms with Gasteiger partial charge in [-0.2, -0.15) is 18.2 Å². The van der Waals surface area contributed by atoms with Gasteiger partial charge in [-0.25, -0.2) is 13.1 Å². The molecule has 0 amide bonds. The predicted octanol–water partition coefficient (Wildman–Crippen LogP) is 3.31. The summed E-state index contributed by atoms with van der Waals surface area (Å²) in [5.41, 5.74) is -0.355. The zero-order valence-electron chi connectivity index (χ0n) is 13.9. The maximum Gasteiger partial charge on any atom is 0.389 e.